The molecule has 0 spiro atoms. The van der Waals surface area contributed by atoms with E-state index >= 15 is 0 Å². The lowest BCUT2D eigenvalue weighted by Crippen LogP contribution is -2.62. The van der Waals surface area contributed by atoms with E-state index < -0.39 is 5.60 Å². The normalized spacial score (nSPS) is 24.4. The lowest BCUT2D eigenvalue weighted by Gasteiger charge is -2.43. The Hall–Kier alpha value is -0.770. The number of amides is 1. The van der Waals surface area contributed by atoms with Gasteiger partial charge in [-0.15, -0.1) is 0 Å². The number of carbonyl (C=O) groups excluding carboxylic acids is 1. The van der Waals surface area contributed by atoms with E-state index in [-0.39, 0.29) is 6.09 Å². The molecule has 1 aliphatic heterocycles. The van der Waals surface area contributed by atoms with Gasteiger partial charge in [0, 0.05) is 25.2 Å². The van der Waals surface area contributed by atoms with Gasteiger partial charge in [-0.3, -0.25) is 0 Å². The maximum Gasteiger partial charge on any atom is 0.410 e. The van der Waals surface area contributed by atoms with Crippen LogP contribution in [-0.4, -0.2) is 41.8 Å². The summed E-state index contributed by atoms with van der Waals surface area (Å²) in [5, 5.41) is 3.69. The van der Waals surface area contributed by atoms with Gasteiger partial charge in [0.15, 0.2) is 0 Å². The number of rotatable bonds is 2. The lowest BCUT2D eigenvalue weighted by molar-refractivity contribution is 0.00311. The van der Waals surface area contributed by atoms with Gasteiger partial charge in [0.1, 0.15) is 5.60 Å². The Bertz CT molecular complexity index is 344. The quantitative estimate of drug-likeness (QED) is 0.846. The van der Waals surface area contributed by atoms with E-state index in [1.807, 2.05) is 20.8 Å². The van der Waals surface area contributed by atoms with Gasteiger partial charge < -0.3 is 15.0 Å². The van der Waals surface area contributed by atoms with Crippen LogP contribution in [0.4, 0.5) is 4.79 Å². The number of hydrogen-bond acceptors (Lipinski definition) is 3. The van der Waals surface area contributed by atoms with Crippen LogP contribution in [0.15, 0.2) is 0 Å². The minimum Gasteiger partial charge on any atom is -0.444 e. The van der Waals surface area contributed by atoms with Crippen molar-refractivity contribution in [2.45, 2.75) is 78.0 Å². The predicted octanol–water partition coefficient (Wildman–Crippen LogP) is 3.16. The molecule has 1 amide bonds. The summed E-state index contributed by atoms with van der Waals surface area (Å²) in [4.78, 5) is 13.6. The van der Waals surface area contributed by atoms with Crippen LogP contribution < -0.4 is 5.32 Å². The SMILES string of the molecule is CC1(C)CCC(NC2CN(C(=O)OC(C)(C)C)C2)CC1. The third-order valence-electron chi connectivity index (χ3n) is 4.34. The second kappa shape index (κ2) is 5.55. The smallest absolute Gasteiger partial charge is 0.410 e. The van der Waals surface area contributed by atoms with Gasteiger partial charge >= 0.3 is 6.09 Å². The largest absolute Gasteiger partial charge is 0.444 e. The molecule has 0 unspecified atom stereocenters. The van der Waals surface area contributed by atoms with Crippen molar-refractivity contribution in [2.75, 3.05) is 13.1 Å². The minimum atomic E-state index is -0.398. The molecular weight excluding hydrogens is 252 g/mol. The topological polar surface area (TPSA) is 41.6 Å². The molecule has 0 radical (unpaired) electrons. The highest BCUT2D eigenvalue weighted by Crippen LogP contribution is 2.35. The molecule has 2 aliphatic rings. The molecule has 0 atom stereocenters. The van der Waals surface area contributed by atoms with Crippen LogP contribution in [0.1, 0.15) is 60.3 Å². The fraction of sp³-hybridized carbons (Fsp3) is 0.938. The van der Waals surface area contributed by atoms with E-state index in [9.17, 15) is 4.79 Å². The highest BCUT2D eigenvalue weighted by Gasteiger charge is 2.36. The molecule has 1 aliphatic carbocycles. The van der Waals surface area contributed by atoms with Crippen molar-refractivity contribution >= 4 is 6.09 Å². The summed E-state index contributed by atoms with van der Waals surface area (Å²) in [7, 11) is 0. The molecule has 4 nitrogen and oxygen atoms in total. The summed E-state index contributed by atoms with van der Waals surface area (Å²) in [5.41, 5.74) is 0.116. The van der Waals surface area contributed by atoms with E-state index in [1.54, 1.807) is 4.90 Å². The molecule has 2 rings (SSSR count). The van der Waals surface area contributed by atoms with Crippen molar-refractivity contribution in [3.63, 3.8) is 0 Å². The molecule has 0 aromatic rings. The van der Waals surface area contributed by atoms with E-state index in [0.717, 1.165) is 13.1 Å². The highest BCUT2D eigenvalue weighted by molar-refractivity contribution is 5.69. The number of nitrogens with zero attached hydrogens (tertiary/aromatic N) is 1. The molecule has 1 saturated carbocycles. The molecular formula is C16H30N2O2. The number of nitrogens with one attached hydrogen (secondary N) is 1. The van der Waals surface area contributed by atoms with Crippen LogP contribution in [-0.2, 0) is 4.74 Å². The van der Waals surface area contributed by atoms with Crippen molar-refractivity contribution in [1.29, 1.82) is 0 Å². The standard InChI is InChI=1S/C16H30N2O2/c1-15(2,3)20-14(19)18-10-13(11-18)17-12-6-8-16(4,5)9-7-12/h12-13,17H,6-11H2,1-5H3. The van der Waals surface area contributed by atoms with Crippen molar-refractivity contribution in [2.24, 2.45) is 5.41 Å². The van der Waals surface area contributed by atoms with E-state index in [2.05, 4.69) is 19.2 Å². The van der Waals surface area contributed by atoms with Crippen molar-refractivity contribution < 1.29 is 9.53 Å². The van der Waals surface area contributed by atoms with Crippen LogP contribution >= 0.6 is 0 Å². The molecule has 1 heterocycles. The second-order valence-electron chi connectivity index (χ2n) is 8.19. The first kappa shape index (κ1) is 15.6. The summed E-state index contributed by atoms with van der Waals surface area (Å²) in [6.45, 7) is 12.0. The van der Waals surface area contributed by atoms with Gasteiger partial charge in [-0.05, 0) is 51.9 Å². The first-order chi connectivity index (χ1) is 9.15. The Morgan fingerprint density at radius 2 is 1.70 bits per heavy atom. The summed E-state index contributed by atoms with van der Waals surface area (Å²) in [6.07, 6.45) is 4.94. The average Bonchev–Trinajstić information content (AvgIpc) is 2.22. The molecule has 4 heteroatoms. The van der Waals surface area contributed by atoms with E-state index in [0.29, 0.717) is 17.5 Å². The highest BCUT2D eigenvalue weighted by atomic mass is 16.6. The Kier molecular flexibility index (Phi) is 4.33. The fourth-order valence-electron chi connectivity index (χ4n) is 2.96. The Morgan fingerprint density at radius 3 is 2.20 bits per heavy atom. The molecule has 1 N–H and O–H groups in total. The summed E-state index contributed by atoms with van der Waals surface area (Å²) in [5.74, 6) is 0. The Labute approximate surface area is 123 Å². The van der Waals surface area contributed by atoms with Gasteiger partial charge in [-0.1, -0.05) is 13.8 Å². The Morgan fingerprint density at radius 1 is 1.15 bits per heavy atom. The van der Waals surface area contributed by atoms with E-state index in [1.165, 1.54) is 25.7 Å². The molecule has 0 aromatic carbocycles. The second-order valence-corrected chi connectivity index (χ2v) is 8.19. The van der Waals surface area contributed by atoms with Crippen molar-refractivity contribution in [3.8, 4) is 0 Å². The zero-order valence-corrected chi connectivity index (χ0v) is 13.7. The first-order valence-electron chi connectivity index (χ1n) is 7.89. The Balaban J connectivity index is 1.66. The fourth-order valence-corrected chi connectivity index (χ4v) is 2.96. The maximum absolute atomic E-state index is 11.8. The maximum atomic E-state index is 11.8. The monoisotopic (exact) mass is 282 g/mol. The molecule has 1 saturated heterocycles. The van der Waals surface area contributed by atoms with Crippen molar-refractivity contribution in [3.05, 3.63) is 0 Å². The van der Waals surface area contributed by atoms with E-state index in [4.69, 9.17) is 4.74 Å². The number of likely N-dealkylation sites (tertiary alicyclic amines) is 1. The molecule has 0 aromatic heterocycles. The van der Waals surface area contributed by atoms with Crippen LogP contribution in [0.5, 0.6) is 0 Å². The number of carbonyl (C=O) groups is 1. The van der Waals surface area contributed by atoms with Crippen LogP contribution in [0.3, 0.4) is 0 Å². The number of hydrogen-bond donors (Lipinski definition) is 1. The summed E-state index contributed by atoms with van der Waals surface area (Å²) >= 11 is 0. The van der Waals surface area contributed by atoms with Gasteiger partial charge in [0.25, 0.3) is 0 Å². The average molecular weight is 282 g/mol. The van der Waals surface area contributed by atoms with Gasteiger partial charge in [0.2, 0.25) is 0 Å². The zero-order chi connectivity index (χ0) is 15.0. The van der Waals surface area contributed by atoms with Crippen LogP contribution in [0.25, 0.3) is 0 Å². The summed E-state index contributed by atoms with van der Waals surface area (Å²) < 4.78 is 5.37. The molecule has 116 valence electrons. The van der Waals surface area contributed by atoms with Gasteiger partial charge in [0.05, 0.1) is 0 Å². The molecule has 20 heavy (non-hydrogen) atoms. The van der Waals surface area contributed by atoms with Crippen molar-refractivity contribution in [1.82, 2.24) is 10.2 Å². The lowest BCUT2D eigenvalue weighted by atomic mass is 9.75. The van der Waals surface area contributed by atoms with Crippen LogP contribution in [0, 0.1) is 5.41 Å². The predicted molar refractivity (Wildman–Crippen MR) is 80.8 cm³/mol. The molecule has 0 bridgehead atoms. The molecule has 2 fully saturated rings. The third kappa shape index (κ3) is 4.37. The summed E-state index contributed by atoms with van der Waals surface area (Å²) in [6, 6.07) is 1.09. The first-order valence-corrected chi connectivity index (χ1v) is 7.89. The third-order valence-corrected chi connectivity index (χ3v) is 4.34. The zero-order valence-electron chi connectivity index (χ0n) is 13.7. The van der Waals surface area contributed by atoms with Crippen LogP contribution in [0.2, 0.25) is 0 Å². The van der Waals surface area contributed by atoms with Gasteiger partial charge in [-0.25, -0.2) is 4.79 Å². The van der Waals surface area contributed by atoms with Gasteiger partial charge in [-0.2, -0.15) is 0 Å². The minimum absolute atomic E-state index is 0.180. The number of ether oxygens (including phenoxy) is 1.